The predicted octanol–water partition coefficient (Wildman–Crippen LogP) is 3.24. The molecule has 0 aliphatic heterocycles. The standard InChI is InChI=1S/C21H24FN5O2/c1-5-17(12-29-4)25-20(28)18-11-24-27(14(18)3)21-23-10-13(2)19(26-21)15-6-8-16(22)9-7-15/h6-11,17H,5,12H2,1-4H3,(H,25,28). The molecule has 0 aliphatic rings. The van der Waals surface area contributed by atoms with E-state index in [1.165, 1.54) is 23.0 Å². The topological polar surface area (TPSA) is 81.9 Å². The van der Waals surface area contributed by atoms with Gasteiger partial charge in [-0.05, 0) is 50.1 Å². The van der Waals surface area contributed by atoms with Crippen LogP contribution in [0.5, 0.6) is 0 Å². The zero-order valence-corrected chi connectivity index (χ0v) is 16.9. The fourth-order valence-corrected chi connectivity index (χ4v) is 2.99. The Morgan fingerprint density at radius 3 is 2.62 bits per heavy atom. The number of halogens is 1. The molecule has 0 radical (unpaired) electrons. The summed E-state index contributed by atoms with van der Waals surface area (Å²) < 4.78 is 19.9. The second-order valence-corrected chi connectivity index (χ2v) is 6.80. The molecule has 0 aliphatic carbocycles. The van der Waals surface area contributed by atoms with Crippen molar-refractivity contribution in [1.82, 2.24) is 25.1 Å². The first kappa shape index (κ1) is 20.6. The SMILES string of the molecule is CCC(COC)NC(=O)c1cnn(-c2ncc(C)c(-c3ccc(F)cc3)n2)c1C. The van der Waals surface area contributed by atoms with Crippen molar-refractivity contribution in [3.8, 4) is 17.2 Å². The van der Waals surface area contributed by atoms with E-state index in [1.807, 2.05) is 13.8 Å². The van der Waals surface area contributed by atoms with Crippen LogP contribution in [0.2, 0.25) is 0 Å². The number of nitrogens with one attached hydrogen (secondary N) is 1. The number of nitrogens with zero attached hydrogens (tertiary/aromatic N) is 4. The molecule has 1 atom stereocenters. The van der Waals surface area contributed by atoms with Crippen molar-refractivity contribution in [1.29, 1.82) is 0 Å². The van der Waals surface area contributed by atoms with Gasteiger partial charge in [0.1, 0.15) is 5.82 Å². The zero-order valence-electron chi connectivity index (χ0n) is 16.9. The predicted molar refractivity (Wildman–Crippen MR) is 107 cm³/mol. The van der Waals surface area contributed by atoms with Crippen LogP contribution < -0.4 is 5.32 Å². The monoisotopic (exact) mass is 397 g/mol. The van der Waals surface area contributed by atoms with Crippen LogP contribution in [0.3, 0.4) is 0 Å². The van der Waals surface area contributed by atoms with Crippen molar-refractivity contribution in [3.05, 3.63) is 59.3 Å². The van der Waals surface area contributed by atoms with E-state index in [1.54, 1.807) is 32.4 Å². The van der Waals surface area contributed by atoms with E-state index in [0.29, 0.717) is 29.5 Å². The summed E-state index contributed by atoms with van der Waals surface area (Å²) in [5.74, 6) is -0.183. The number of benzene rings is 1. The first-order valence-corrected chi connectivity index (χ1v) is 9.39. The molecule has 0 fully saturated rings. The molecule has 8 heteroatoms. The number of amides is 1. The van der Waals surface area contributed by atoms with Crippen molar-refractivity contribution < 1.29 is 13.9 Å². The van der Waals surface area contributed by atoms with Gasteiger partial charge >= 0.3 is 0 Å². The number of hydrogen-bond donors (Lipinski definition) is 1. The number of methoxy groups -OCH3 is 1. The van der Waals surface area contributed by atoms with E-state index >= 15 is 0 Å². The molecule has 1 N–H and O–H groups in total. The van der Waals surface area contributed by atoms with Crippen molar-refractivity contribution in [2.75, 3.05) is 13.7 Å². The fraction of sp³-hybridized carbons (Fsp3) is 0.333. The Balaban J connectivity index is 1.91. The average molecular weight is 397 g/mol. The van der Waals surface area contributed by atoms with Gasteiger partial charge in [0.15, 0.2) is 0 Å². The summed E-state index contributed by atoms with van der Waals surface area (Å²) >= 11 is 0. The summed E-state index contributed by atoms with van der Waals surface area (Å²) in [7, 11) is 1.60. The number of aromatic nitrogens is 4. The van der Waals surface area contributed by atoms with Crippen molar-refractivity contribution in [2.45, 2.75) is 33.2 Å². The van der Waals surface area contributed by atoms with E-state index < -0.39 is 0 Å². The summed E-state index contributed by atoms with van der Waals surface area (Å²) in [6.45, 7) is 6.10. The second-order valence-electron chi connectivity index (χ2n) is 6.80. The number of carbonyl (C=O) groups excluding carboxylic acids is 1. The zero-order chi connectivity index (χ0) is 21.0. The molecule has 1 aromatic carbocycles. The lowest BCUT2D eigenvalue weighted by Gasteiger charge is -2.15. The Morgan fingerprint density at radius 1 is 1.24 bits per heavy atom. The normalized spacial score (nSPS) is 12.0. The van der Waals surface area contributed by atoms with Gasteiger partial charge in [-0.1, -0.05) is 6.92 Å². The van der Waals surface area contributed by atoms with Gasteiger partial charge in [0.25, 0.3) is 11.9 Å². The third-order valence-corrected chi connectivity index (χ3v) is 4.72. The summed E-state index contributed by atoms with van der Waals surface area (Å²) in [6.07, 6.45) is 3.95. The molecule has 0 saturated carbocycles. The minimum absolute atomic E-state index is 0.0732. The van der Waals surface area contributed by atoms with E-state index in [9.17, 15) is 9.18 Å². The van der Waals surface area contributed by atoms with Crippen LogP contribution in [-0.2, 0) is 4.74 Å². The molecular weight excluding hydrogens is 373 g/mol. The van der Waals surface area contributed by atoms with Gasteiger partial charge in [-0.15, -0.1) is 0 Å². The Kier molecular flexibility index (Phi) is 6.33. The maximum absolute atomic E-state index is 13.3. The lowest BCUT2D eigenvalue weighted by atomic mass is 10.1. The highest BCUT2D eigenvalue weighted by Gasteiger charge is 2.19. The quantitative estimate of drug-likeness (QED) is 0.662. The molecule has 29 heavy (non-hydrogen) atoms. The Bertz CT molecular complexity index is 1000. The van der Waals surface area contributed by atoms with Gasteiger partial charge in [-0.3, -0.25) is 4.79 Å². The van der Waals surface area contributed by atoms with Gasteiger partial charge in [0, 0.05) is 18.9 Å². The third-order valence-electron chi connectivity index (χ3n) is 4.72. The highest BCUT2D eigenvalue weighted by molar-refractivity contribution is 5.95. The molecule has 3 rings (SSSR count). The van der Waals surface area contributed by atoms with E-state index in [4.69, 9.17) is 4.74 Å². The second kappa shape index (κ2) is 8.91. The molecular formula is C21H24FN5O2. The van der Waals surface area contributed by atoms with Crippen LogP contribution in [-0.4, -0.2) is 45.4 Å². The van der Waals surface area contributed by atoms with Gasteiger partial charge in [0.2, 0.25) is 0 Å². The minimum atomic E-state index is -0.307. The fourth-order valence-electron chi connectivity index (χ4n) is 2.99. The number of hydrogen-bond acceptors (Lipinski definition) is 5. The van der Waals surface area contributed by atoms with Crippen LogP contribution in [0, 0.1) is 19.7 Å². The number of rotatable bonds is 7. The van der Waals surface area contributed by atoms with E-state index in [-0.39, 0.29) is 17.8 Å². The number of carbonyl (C=O) groups is 1. The van der Waals surface area contributed by atoms with E-state index in [0.717, 1.165) is 17.5 Å². The van der Waals surface area contributed by atoms with Gasteiger partial charge in [-0.25, -0.2) is 19.0 Å². The molecule has 0 spiro atoms. The first-order chi connectivity index (χ1) is 13.9. The van der Waals surface area contributed by atoms with Crippen LogP contribution in [0.4, 0.5) is 4.39 Å². The Labute approximate surface area is 169 Å². The lowest BCUT2D eigenvalue weighted by Crippen LogP contribution is -2.37. The summed E-state index contributed by atoms with van der Waals surface area (Å²) in [6, 6.07) is 6.05. The van der Waals surface area contributed by atoms with Crippen LogP contribution >= 0.6 is 0 Å². The van der Waals surface area contributed by atoms with Crippen molar-refractivity contribution >= 4 is 5.91 Å². The van der Waals surface area contributed by atoms with Crippen LogP contribution in [0.15, 0.2) is 36.7 Å². The molecule has 152 valence electrons. The third kappa shape index (κ3) is 4.48. The summed E-state index contributed by atoms with van der Waals surface area (Å²) in [4.78, 5) is 21.6. The minimum Gasteiger partial charge on any atom is -0.383 e. The average Bonchev–Trinajstić information content (AvgIpc) is 3.10. The van der Waals surface area contributed by atoms with Crippen molar-refractivity contribution in [3.63, 3.8) is 0 Å². The highest BCUT2D eigenvalue weighted by Crippen LogP contribution is 2.22. The Morgan fingerprint density at radius 2 is 1.97 bits per heavy atom. The van der Waals surface area contributed by atoms with Crippen LogP contribution in [0.25, 0.3) is 17.2 Å². The van der Waals surface area contributed by atoms with Gasteiger partial charge in [0.05, 0.1) is 35.8 Å². The largest absolute Gasteiger partial charge is 0.383 e. The lowest BCUT2D eigenvalue weighted by molar-refractivity contribution is 0.0894. The van der Waals surface area contributed by atoms with Gasteiger partial charge in [-0.2, -0.15) is 5.10 Å². The Hall–Kier alpha value is -3.13. The number of aryl methyl sites for hydroxylation is 1. The molecule has 0 bridgehead atoms. The number of ether oxygens (including phenoxy) is 1. The smallest absolute Gasteiger partial charge is 0.255 e. The maximum Gasteiger partial charge on any atom is 0.255 e. The van der Waals surface area contributed by atoms with Crippen molar-refractivity contribution in [2.24, 2.45) is 0 Å². The molecule has 7 nitrogen and oxygen atoms in total. The molecule has 2 aromatic heterocycles. The highest BCUT2D eigenvalue weighted by atomic mass is 19.1. The van der Waals surface area contributed by atoms with Gasteiger partial charge < -0.3 is 10.1 Å². The molecule has 1 unspecified atom stereocenters. The van der Waals surface area contributed by atoms with E-state index in [2.05, 4.69) is 20.4 Å². The van der Waals surface area contributed by atoms with Crippen LogP contribution in [0.1, 0.15) is 35.0 Å². The summed E-state index contributed by atoms with van der Waals surface area (Å²) in [5, 5.41) is 7.25. The molecule has 3 aromatic rings. The first-order valence-electron chi connectivity index (χ1n) is 9.39. The molecule has 2 heterocycles. The summed E-state index contributed by atoms with van der Waals surface area (Å²) in [5.41, 5.74) is 3.40. The molecule has 0 saturated heterocycles. The maximum atomic E-state index is 13.3. The molecule has 1 amide bonds.